The second kappa shape index (κ2) is 9.68. The van der Waals surface area contributed by atoms with Gasteiger partial charge in [0.2, 0.25) is 0 Å². The molecule has 0 aromatic carbocycles. The van der Waals surface area contributed by atoms with Crippen molar-refractivity contribution in [3.05, 3.63) is 24.6 Å². The average Bonchev–Trinajstić information content (AvgIpc) is 2.41. The van der Waals surface area contributed by atoms with E-state index >= 15 is 0 Å². The standard InChI is InChI=1S/C15H32O3Si2/c1-8-11-12-13-16-19(6,9-2)18-20(7,10-3)17-14-15(4)5/h9-10,15H,2-3,8,11-14H2,1,4-7H3. The first-order valence-corrected chi connectivity index (χ1v) is 12.3. The Hall–Kier alpha value is -0.206. The van der Waals surface area contributed by atoms with Crippen molar-refractivity contribution >= 4 is 17.1 Å². The third-order valence-corrected chi connectivity index (χ3v) is 9.23. The number of hydrogen-bond acceptors (Lipinski definition) is 3. The van der Waals surface area contributed by atoms with Crippen LogP contribution < -0.4 is 0 Å². The lowest BCUT2D eigenvalue weighted by atomic mass is 10.2. The summed E-state index contributed by atoms with van der Waals surface area (Å²) < 4.78 is 18.2. The first kappa shape index (κ1) is 19.8. The van der Waals surface area contributed by atoms with Crippen LogP contribution >= 0.6 is 0 Å². The van der Waals surface area contributed by atoms with Crippen molar-refractivity contribution in [2.75, 3.05) is 13.2 Å². The van der Waals surface area contributed by atoms with E-state index in [1.165, 1.54) is 12.8 Å². The molecule has 0 spiro atoms. The molecule has 0 aliphatic heterocycles. The SMILES string of the molecule is C=C[Si](C)(OCCCCC)O[Si](C)(C=C)OCC(C)C. The molecule has 0 N–H and O–H groups in total. The van der Waals surface area contributed by atoms with Crippen LogP contribution in [0.1, 0.15) is 40.0 Å². The van der Waals surface area contributed by atoms with E-state index in [4.69, 9.17) is 13.0 Å². The van der Waals surface area contributed by atoms with E-state index < -0.39 is 17.1 Å². The highest BCUT2D eigenvalue weighted by Crippen LogP contribution is 2.20. The number of rotatable bonds is 12. The summed E-state index contributed by atoms with van der Waals surface area (Å²) in [6, 6.07) is 0. The molecule has 0 amide bonds. The molecule has 2 unspecified atom stereocenters. The van der Waals surface area contributed by atoms with E-state index in [1.54, 1.807) is 0 Å². The highest BCUT2D eigenvalue weighted by Gasteiger charge is 2.39. The van der Waals surface area contributed by atoms with Gasteiger partial charge in [-0.25, -0.2) is 0 Å². The quantitative estimate of drug-likeness (QED) is 0.392. The van der Waals surface area contributed by atoms with Crippen LogP contribution in [0.4, 0.5) is 0 Å². The van der Waals surface area contributed by atoms with Crippen molar-refractivity contribution in [3.63, 3.8) is 0 Å². The summed E-state index contributed by atoms with van der Waals surface area (Å²) in [4.78, 5) is 0. The normalized spacial score (nSPS) is 17.5. The molecule has 0 aliphatic carbocycles. The molecule has 0 radical (unpaired) electrons. The first-order chi connectivity index (χ1) is 9.31. The Balaban J connectivity index is 4.53. The summed E-state index contributed by atoms with van der Waals surface area (Å²) in [6.07, 6.45) is 3.43. The summed E-state index contributed by atoms with van der Waals surface area (Å²) in [5.41, 5.74) is 3.67. The average molecular weight is 317 g/mol. The van der Waals surface area contributed by atoms with E-state index in [-0.39, 0.29) is 0 Å². The van der Waals surface area contributed by atoms with E-state index in [1.807, 2.05) is 24.5 Å². The summed E-state index contributed by atoms with van der Waals surface area (Å²) in [6.45, 7) is 19.7. The number of hydrogen-bond donors (Lipinski definition) is 0. The van der Waals surface area contributed by atoms with Gasteiger partial charge in [0.05, 0.1) is 0 Å². The third kappa shape index (κ3) is 8.16. The van der Waals surface area contributed by atoms with Gasteiger partial charge < -0.3 is 13.0 Å². The summed E-state index contributed by atoms with van der Waals surface area (Å²) in [5, 5.41) is 0. The maximum atomic E-state index is 6.25. The van der Waals surface area contributed by atoms with Crippen LogP contribution in [0.15, 0.2) is 24.6 Å². The molecular formula is C15H32O3Si2. The molecule has 0 fully saturated rings. The maximum Gasteiger partial charge on any atom is 0.352 e. The van der Waals surface area contributed by atoms with Gasteiger partial charge >= 0.3 is 17.1 Å². The number of unbranched alkanes of at least 4 members (excludes halogenated alkanes) is 2. The van der Waals surface area contributed by atoms with Gasteiger partial charge in [0.25, 0.3) is 0 Å². The van der Waals surface area contributed by atoms with E-state index in [0.29, 0.717) is 12.5 Å². The lowest BCUT2D eigenvalue weighted by molar-refractivity contribution is 0.185. The van der Waals surface area contributed by atoms with Gasteiger partial charge in [-0.3, -0.25) is 0 Å². The van der Waals surface area contributed by atoms with Crippen molar-refractivity contribution in [1.29, 1.82) is 0 Å². The molecule has 2 atom stereocenters. The predicted molar refractivity (Wildman–Crippen MR) is 91.0 cm³/mol. The largest absolute Gasteiger partial charge is 0.409 e. The Morgan fingerprint density at radius 1 is 1.00 bits per heavy atom. The van der Waals surface area contributed by atoms with Crippen LogP contribution in [-0.2, 0) is 13.0 Å². The Morgan fingerprint density at radius 2 is 1.55 bits per heavy atom. The highest BCUT2D eigenvalue weighted by molar-refractivity contribution is 6.84. The van der Waals surface area contributed by atoms with Crippen LogP contribution in [0.2, 0.25) is 13.1 Å². The fraction of sp³-hybridized carbons (Fsp3) is 0.733. The molecule has 0 heterocycles. The Morgan fingerprint density at radius 3 is 2.00 bits per heavy atom. The molecule has 0 bridgehead atoms. The molecule has 5 heteroatoms. The fourth-order valence-electron chi connectivity index (χ4n) is 1.62. The van der Waals surface area contributed by atoms with Crippen LogP contribution in [0.5, 0.6) is 0 Å². The zero-order valence-electron chi connectivity index (χ0n) is 13.9. The van der Waals surface area contributed by atoms with Crippen LogP contribution in [0.25, 0.3) is 0 Å². The predicted octanol–water partition coefficient (Wildman–Crippen LogP) is 4.48. The molecule has 0 aromatic rings. The Kier molecular flexibility index (Phi) is 9.58. The maximum absolute atomic E-state index is 6.25. The van der Waals surface area contributed by atoms with E-state index in [9.17, 15) is 0 Å². The monoisotopic (exact) mass is 316 g/mol. The molecule has 0 saturated carbocycles. The lowest BCUT2D eigenvalue weighted by Crippen LogP contribution is -2.50. The molecule has 0 aromatic heterocycles. The second-order valence-corrected chi connectivity index (χ2v) is 12.1. The first-order valence-electron chi connectivity index (χ1n) is 7.56. The zero-order valence-corrected chi connectivity index (χ0v) is 15.9. The van der Waals surface area contributed by atoms with Crippen LogP contribution in [-0.4, -0.2) is 30.3 Å². The van der Waals surface area contributed by atoms with Crippen molar-refractivity contribution in [2.45, 2.75) is 53.1 Å². The fourth-order valence-corrected chi connectivity index (χ4v) is 7.43. The topological polar surface area (TPSA) is 27.7 Å². The minimum absolute atomic E-state index is 0.479. The van der Waals surface area contributed by atoms with Gasteiger partial charge in [-0.2, -0.15) is 0 Å². The van der Waals surface area contributed by atoms with Crippen molar-refractivity contribution < 1.29 is 13.0 Å². The van der Waals surface area contributed by atoms with E-state index in [2.05, 4.69) is 33.9 Å². The van der Waals surface area contributed by atoms with Gasteiger partial charge in [-0.05, 0) is 25.4 Å². The van der Waals surface area contributed by atoms with Gasteiger partial charge in [0.15, 0.2) is 0 Å². The summed E-state index contributed by atoms with van der Waals surface area (Å²) in [5.74, 6) is 0.479. The molecule has 20 heavy (non-hydrogen) atoms. The van der Waals surface area contributed by atoms with Gasteiger partial charge in [0.1, 0.15) is 0 Å². The molecule has 0 rings (SSSR count). The second-order valence-electron chi connectivity index (χ2n) is 5.80. The lowest BCUT2D eigenvalue weighted by Gasteiger charge is -2.33. The van der Waals surface area contributed by atoms with Crippen molar-refractivity contribution in [3.8, 4) is 0 Å². The highest BCUT2D eigenvalue weighted by atomic mass is 28.5. The minimum atomic E-state index is -2.38. The van der Waals surface area contributed by atoms with Gasteiger partial charge in [-0.1, -0.05) is 45.0 Å². The van der Waals surface area contributed by atoms with Crippen molar-refractivity contribution in [1.82, 2.24) is 0 Å². The summed E-state index contributed by atoms with van der Waals surface area (Å²) in [7, 11) is -4.75. The molecule has 118 valence electrons. The Labute approximate surface area is 127 Å². The smallest absolute Gasteiger partial charge is 0.352 e. The van der Waals surface area contributed by atoms with E-state index in [0.717, 1.165) is 13.0 Å². The summed E-state index contributed by atoms with van der Waals surface area (Å²) >= 11 is 0. The van der Waals surface area contributed by atoms with Crippen LogP contribution in [0.3, 0.4) is 0 Å². The Bertz CT molecular complexity index is 297. The molecular weight excluding hydrogens is 284 g/mol. The zero-order chi connectivity index (χ0) is 15.6. The van der Waals surface area contributed by atoms with Gasteiger partial charge in [-0.15, -0.1) is 13.2 Å². The van der Waals surface area contributed by atoms with Gasteiger partial charge in [0, 0.05) is 13.2 Å². The molecule has 0 saturated heterocycles. The van der Waals surface area contributed by atoms with Crippen molar-refractivity contribution in [2.24, 2.45) is 5.92 Å². The third-order valence-electron chi connectivity index (χ3n) is 2.99. The minimum Gasteiger partial charge on any atom is -0.409 e. The molecule has 0 aliphatic rings. The van der Waals surface area contributed by atoms with Crippen LogP contribution in [0, 0.1) is 5.92 Å². The molecule has 3 nitrogen and oxygen atoms in total.